The van der Waals surface area contributed by atoms with Crippen LogP contribution in [0.1, 0.15) is 42.5 Å². The quantitative estimate of drug-likeness (QED) is 0.784. The minimum atomic E-state index is 0.130. The van der Waals surface area contributed by atoms with Crippen LogP contribution in [0.3, 0.4) is 0 Å². The maximum atomic E-state index is 12.2. The van der Waals surface area contributed by atoms with Crippen molar-refractivity contribution in [1.82, 2.24) is 5.32 Å². The number of hydrogen-bond donors (Lipinski definition) is 1. The van der Waals surface area contributed by atoms with Gasteiger partial charge in [0.1, 0.15) is 5.75 Å². The highest BCUT2D eigenvalue weighted by Gasteiger charge is 2.23. The van der Waals surface area contributed by atoms with Gasteiger partial charge in [0.15, 0.2) is 5.78 Å². The lowest BCUT2D eigenvalue weighted by Crippen LogP contribution is -2.32. The summed E-state index contributed by atoms with van der Waals surface area (Å²) in [7, 11) is 0. The Kier molecular flexibility index (Phi) is 4.88. The Morgan fingerprint density at radius 1 is 1.14 bits per heavy atom. The van der Waals surface area contributed by atoms with Gasteiger partial charge in [-0.15, -0.1) is 0 Å². The number of Topliss-reactive ketones (excluding diaryl/α,β-unsaturated/α-hetero) is 1. The zero-order valence-corrected chi connectivity index (χ0v) is 12.3. The molecule has 0 aromatic heterocycles. The lowest BCUT2D eigenvalue weighted by molar-refractivity contribution is 0.0313. The second-order valence-electron chi connectivity index (χ2n) is 5.84. The van der Waals surface area contributed by atoms with Gasteiger partial charge in [-0.3, -0.25) is 4.79 Å². The molecule has 1 aromatic rings. The van der Waals surface area contributed by atoms with Crippen molar-refractivity contribution in [1.29, 1.82) is 0 Å². The standard InChI is InChI=1S/C17H23NO3/c19-17(8-11-20-14-6-9-18-10-7-14)13-2-1-3-16(12-13)21-15-4-5-15/h1-3,12,14-15,18H,4-11H2. The van der Waals surface area contributed by atoms with E-state index in [0.717, 1.165) is 50.1 Å². The van der Waals surface area contributed by atoms with E-state index >= 15 is 0 Å². The van der Waals surface area contributed by atoms with Crippen LogP contribution in [-0.2, 0) is 4.74 Å². The van der Waals surface area contributed by atoms with Crippen LogP contribution < -0.4 is 10.1 Å². The third kappa shape index (κ3) is 4.55. The molecule has 4 heteroatoms. The Hall–Kier alpha value is -1.39. The maximum absolute atomic E-state index is 12.2. The number of piperidine rings is 1. The van der Waals surface area contributed by atoms with Gasteiger partial charge < -0.3 is 14.8 Å². The Morgan fingerprint density at radius 2 is 1.95 bits per heavy atom. The summed E-state index contributed by atoms with van der Waals surface area (Å²) in [5.74, 6) is 0.938. The molecule has 0 atom stereocenters. The van der Waals surface area contributed by atoms with Crippen molar-refractivity contribution in [3.63, 3.8) is 0 Å². The Labute approximate surface area is 125 Å². The van der Waals surface area contributed by atoms with Crippen LogP contribution in [0.25, 0.3) is 0 Å². The fraction of sp³-hybridized carbons (Fsp3) is 0.588. The van der Waals surface area contributed by atoms with Gasteiger partial charge in [-0.25, -0.2) is 0 Å². The monoisotopic (exact) mass is 289 g/mol. The van der Waals surface area contributed by atoms with Gasteiger partial charge in [0.05, 0.1) is 18.8 Å². The average Bonchev–Trinajstić information content (AvgIpc) is 3.32. The Bertz CT molecular complexity index is 479. The smallest absolute Gasteiger partial charge is 0.165 e. The van der Waals surface area contributed by atoms with E-state index in [1.807, 2.05) is 24.3 Å². The SMILES string of the molecule is O=C(CCOC1CCNCC1)c1cccc(OC2CC2)c1. The number of carbonyl (C=O) groups excluding carboxylic acids is 1. The molecule has 21 heavy (non-hydrogen) atoms. The van der Waals surface area contributed by atoms with E-state index in [-0.39, 0.29) is 5.78 Å². The third-order valence-electron chi connectivity index (χ3n) is 3.95. The summed E-state index contributed by atoms with van der Waals surface area (Å²) in [6.07, 6.45) is 5.45. The highest BCUT2D eigenvalue weighted by molar-refractivity contribution is 5.96. The zero-order valence-electron chi connectivity index (χ0n) is 12.3. The molecule has 1 heterocycles. The molecule has 1 N–H and O–H groups in total. The van der Waals surface area contributed by atoms with E-state index in [1.165, 1.54) is 0 Å². The molecule has 1 saturated carbocycles. The topological polar surface area (TPSA) is 47.6 Å². The van der Waals surface area contributed by atoms with Gasteiger partial charge in [0, 0.05) is 12.0 Å². The van der Waals surface area contributed by atoms with Crippen LogP contribution in [0, 0.1) is 0 Å². The number of carbonyl (C=O) groups is 1. The second kappa shape index (κ2) is 7.05. The lowest BCUT2D eigenvalue weighted by Gasteiger charge is -2.22. The first kappa shape index (κ1) is 14.5. The average molecular weight is 289 g/mol. The number of ketones is 1. The Balaban J connectivity index is 1.45. The number of ether oxygens (including phenoxy) is 2. The molecule has 0 unspecified atom stereocenters. The minimum Gasteiger partial charge on any atom is -0.490 e. The van der Waals surface area contributed by atoms with Crippen LogP contribution in [0.5, 0.6) is 5.75 Å². The van der Waals surface area contributed by atoms with Gasteiger partial charge in [0.2, 0.25) is 0 Å². The van der Waals surface area contributed by atoms with E-state index in [2.05, 4.69) is 5.32 Å². The van der Waals surface area contributed by atoms with E-state index in [9.17, 15) is 4.79 Å². The molecule has 0 amide bonds. The number of hydrogen-bond acceptors (Lipinski definition) is 4. The van der Waals surface area contributed by atoms with Crippen molar-refractivity contribution in [3.05, 3.63) is 29.8 Å². The highest BCUT2D eigenvalue weighted by Crippen LogP contribution is 2.27. The summed E-state index contributed by atoms with van der Waals surface area (Å²) in [4.78, 5) is 12.2. The fourth-order valence-corrected chi connectivity index (χ4v) is 2.55. The molecule has 0 spiro atoms. The highest BCUT2D eigenvalue weighted by atomic mass is 16.5. The summed E-state index contributed by atoms with van der Waals surface area (Å²) in [5, 5.41) is 3.31. The molecular formula is C17H23NO3. The van der Waals surface area contributed by atoms with E-state index in [0.29, 0.717) is 25.2 Å². The molecule has 0 radical (unpaired) electrons. The predicted octanol–water partition coefficient (Wildman–Crippen LogP) is 2.57. The van der Waals surface area contributed by atoms with Crippen molar-refractivity contribution in [2.45, 2.75) is 44.3 Å². The fourth-order valence-electron chi connectivity index (χ4n) is 2.55. The third-order valence-corrected chi connectivity index (χ3v) is 3.95. The molecule has 3 rings (SSSR count). The molecule has 1 aliphatic heterocycles. The van der Waals surface area contributed by atoms with Crippen molar-refractivity contribution in [2.75, 3.05) is 19.7 Å². The van der Waals surface area contributed by atoms with E-state index in [1.54, 1.807) is 0 Å². The number of rotatable bonds is 7. The summed E-state index contributed by atoms with van der Waals surface area (Å²) in [6, 6.07) is 7.51. The lowest BCUT2D eigenvalue weighted by atomic mass is 10.1. The summed E-state index contributed by atoms with van der Waals surface area (Å²) in [6.45, 7) is 2.54. The molecule has 2 aliphatic rings. The second-order valence-corrected chi connectivity index (χ2v) is 5.84. The molecule has 4 nitrogen and oxygen atoms in total. The van der Waals surface area contributed by atoms with Crippen LogP contribution >= 0.6 is 0 Å². The van der Waals surface area contributed by atoms with Gasteiger partial charge in [0.25, 0.3) is 0 Å². The van der Waals surface area contributed by atoms with Crippen LogP contribution in [-0.4, -0.2) is 37.7 Å². The van der Waals surface area contributed by atoms with Crippen molar-refractivity contribution in [2.24, 2.45) is 0 Å². The number of benzene rings is 1. The predicted molar refractivity (Wildman–Crippen MR) is 80.9 cm³/mol. The summed E-state index contributed by atoms with van der Waals surface area (Å²) >= 11 is 0. The molecular weight excluding hydrogens is 266 g/mol. The summed E-state index contributed by atoms with van der Waals surface area (Å²) in [5.41, 5.74) is 0.724. The molecule has 114 valence electrons. The van der Waals surface area contributed by atoms with Crippen molar-refractivity contribution in [3.8, 4) is 5.75 Å². The molecule has 1 aromatic carbocycles. The van der Waals surface area contributed by atoms with Crippen LogP contribution in [0.15, 0.2) is 24.3 Å². The largest absolute Gasteiger partial charge is 0.490 e. The normalized spacial score (nSPS) is 19.4. The molecule has 1 saturated heterocycles. The maximum Gasteiger partial charge on any atom is 0.165 e. The minimum absolute atomic E-state index is 0.130. The van der Waals surface area contributed by atoms with Crippen LogP contribution in [0.4, 0.5) is 0 Å². The first-order valence-electron chi connectivity index (χ1n) is 7.93. The first-order valence-corrected chi connectivity index (χ1v) is 7.93. The van der Waals surface area contributed by atoms with Gasteiger partial charge in [-0.05, 0) is 50.9 Å². The molecule has 2 fully saturated rings. The van der Waals surface area contributed by atoms with E-state index in [4.69, 9.17) is 9.47 Å². The van der Waals surface area contributed by atoms with Gasteiger partial charge in [-0.1, -0.05) is 12.1 Å². The first-order chi connectivity index (χ1) is 10.3. The van der Waals surface area contributed by atoms with Crippen LogP contribution in [0.2, 0.25) is 0 Å². The van der Waals surface area contributed by atoms with Crippen molar-refractivity contribution < 1.29 is 14.3 Å². The molecule has 0 bridgehead atoms. The van der Waals surface area contributed by atoms with Crippen molar-refractivity contribution >= 4 is 5.78 Å². The van der Waals surface area contributed by atoms with E-state index < -0.39 is 0 Å². The zero-order chi connectivity index (χ0) is 14.5. The molecule has 1 aliphatic carbocycles. The van der Waals surface area contributed by atoms with Gasteiger partial charge in [-0.2, -0.15) is 0 Å². The van der Waals surface area contributed by atoms with Gasteiger partial charge >= 0.3 is 0 Å². The Morgan fingerprint density at radius 3 is 2.71 bits per heavy atom. The number of nitrogens with one attached hydrogen (secondary N) is 1. The summed E-state index contributed by atoms with van der Waals surface area (Å²) < 4.78 is 11.5.